The van der Waals surface area contributed by atoms with E-state index in [1.165, 1.54) is 0 Å². The van der Waals surface area contributed by atoms with Gasteiger partial charge >= 0.3 is 0 Å². The van der Waals surface area contributed by atoms with E-state index in [-0.39, 0.29) is 24.8 Å². The van der Waals surface area contributed by atoms with Gasteiger partial charge in [-0.1, -0.05) is 66.9 Å². The zero-order chi connectivity index (χ0) is 22.3. The lowest BCUT2D eigenvalue weighted by Gasteiger charge is -2.31. The molecule has 6 heteroatoms. The molecule has 0 heterocycles. The van der Waals surface area contributed by atoms with Crippen molar-refractivity contribution in [3.8, 4) is 0 Å². The Balaban J connectivity index is 2.36. The highest BCUT2D eigenvalue weighted by Crippen LogP contribution is 2.24. The van der Waals surface area contributed by atoms with Gasteiger partial charge in [0.25, 0.3) is 0 Å². The first-order valence-corrected chi connectivity index (χ1v) is 11.1. The molecule has 1 N–H and O–H groups in total. The summed E-state index contributed by atoms with van der Waals surface area (Å²) in [5, 5.41) is 3.94. The molecule has 2 aromatic rings. The highest BCUT2D eigenvalue weighted by atomic mass is 35.5. The summed E-state index contributed by atoms with van der Waals surface area (Å²) in [5.74, 6) is -0.244. The highest BCUT2D eigenvalue weighted by Gasteiger charge is 2.29. The molecule has 2 aromatic carbocycles. The molecule has 2 amide bonds. The molecular weight excluding hydrogens is 419 g/mol. The fourth-order valence-corrected chi connectivity index (χ4v) is 3.84. The molecule has 2 rings (SSSR count). The summed E-state index contributed by atoms with van der Waals surface area (Å²) < 4.78 is 0. The molecule has 0 spiro atoms. The zero-order valence-electron chi connectivity index (χ0n) is 18.1. The van der Waals surface area contributed by atoms with Gasteiger partial charge in [0.2, 0.25) is 11.8 Å². The number of hydrogen-bond donors (Lipinski definition) is 1. The van der Waals surface area contributed by atoms with Gasteiger partial charge in [-0.3, -0.25) is 9.59 Å². The number of nitrogens with zero attached hydrogens (tertiary/aromatic N) is 1. The quantitative estimate of drug-likeness (QED) is 0.551. The van der Waals surface area contributed by atoms with Crippen molar-refractivity contribution < 1.29 is 9.59 Å². The van der Waals surface area contributed by atoms with Gasteiger partial charge in [0.1, 0.15) is 6.04 Å². The van der Waals surface area contributed by atoms with Crippen LogP contribution in [0.25, 0.3) is 0 Å². The van der Waals surface area contributed by atoms with Gasteiger partial charge in [0.15, 0.2) is 0 Å². The Labute approximate surface area is 189 Å². The normalized spacial score (nSPS) is 11.8. The van der Waals surface area contributed by atoms with Crippen LogP contribution in [0.5, 0.6) is 0 Å². The number of carbonyl (C=O) groups is 2. The van der Waals surface area contributed by atoms with E-state index in [0.717, 1.165) is 28.7 Å². The maximum absolute atomic E-state index is 13.4. The van der Waals surface area contributed by atoms with Crippen LogP contribution in [0.15, 0.2) is 36.4 Å². The van der Waals surface area contributed by atoms with Crippen LogP contribution in [0, 0.1) is 13.8 Å². The Morgan fingerprint density at radius 3 is 2.40 bits per heavy atom. The van der Waals surface area contributed by atoms with E-state index < -0.39 is 6.04 Å². The standard InChI is InChI=1S/C24H30Cl2N2O2/c1-5-11-27-24(30)22(6-2)28(15-18-9-10-20(25)14-21(18)26)23(29)13-19-12-16(3)7-8-17(19)4/h7-10,12,14,22H,5-6,11,13,15H2,1-4H3,(H,27,30). The maximum Gasteiger partial charge on any atom is 0.242 e. The summed E-state index contributed by atoms with van der Waals surface area (Å²) in [6, 6.07) is 10.7. The zero-order valence-corrected chi connectivity index (χ0v) is 19.6. The first-order chi connectivity index (χ1) is 14.3. The van der Waals surface area contributed by atoms with Crippen LogP contribution in [0.4, 0.5) is 0 Å². The average molecular weight is 449 g/mol. The van der Waals surface area contributed by atoms with Gasteiger partial charge in [0.05, 0.1) is 6.42 Å². The molecule has 0 radical (unpaired) electrons. The monoisotopic (exact) mass is 448 g/mol. The van der Waals surface area contributed by atoms with E-state index in [1.54, 1.807) is 23.1 Å². The van der Waals surface area contributed by atoms with E-state index in [2.05, 4.69) is 5.32 Å². The molecule has 0 fully saturated rings. The number of amides is 2. The third-order valence-corrected chi connectivity index (χ3v) is 5.72. The number of aryl methyl sites for hydroxylation is 2. The second-order valence-corrected chi connectivity index (χ2v) is 8.42. The summed E-state index contributed by atoms with van der Waals surface area (Å²) in [7, 11) is 0. The third kappa shape index (κ3) is 6.48. The van der Waals surface area contributed by atoms with Crippen LogP contribution in [0.2, 0.25) is 10.0 Å². The Morgan fingerprint density at radius 1 is 1.03 bits per heavy atom. The Morgan fingerprint density at radius 2 is 1.77 bits per heavy atom. The van der Waals surface area contributed by atoms with E-state index in [4.69, 9.17) is 23.2 Å². The summed E-state index contributed by atoms with van der Waals surface area (Å²) >= 11 is 12.4. The molecule has 30 heavy (non-hydrogen) atoms. The molecule has 162 valence electrons. The third-order valence-electron chi connectivity index (χ3n) is 5.14. The van der Waals surface area contributed by atoms with Gasteiger partial charge < -0.3 is 10.2 Å². The molecule has 0 aliphatic carbocycles. The smallest absolute Gasteiger partial charge is 0.242 e. The first kappa shape index (κ1) is 24.2. The van der Waals surface area contributed by atoms with Crippen molar-refractivity contribution in [1.29, 1.82) is 0 Å². The minimum Gasteiger partial charge on any atom is -0.354 e. The predicted octanol–water partition coefficient (Wildman–Crippen LogP) is 5.49. The second-order valence-electron chi connectivity index (χ2n) is 7.58. The molecule has 4 nitrogen and oxygen atoms in total. The SMILES string of the molecule is CCCNC(=O)C(CC)N(Cc1ccc(Cl)cc1Cl)C(=O)Cc1cc(C)ccc1C. The van der Waals surface area contributed by atoms with E-state index in [0.29, 0.717) is 23.0 Å². The molecular formula is C24H30Cl2N2O2. The van der Waals surface area contributed by atoms with E-state index in [9.17, 15) is 9.59 Å². The number of benzene rings is 2. The summed E-state index contributed by atoms with van der Waals surface area (Å²) in [6.45, 7) is 8.74. The van der Waals surface area contributed by atoms with Gasteiger partial charge in [-0.2, -0.15) is 0 Å². The maximum atomic E-state index is 13.4. The van der Waals surface area contributed by atoms with Crippen molar-refractivity contribution in [3.05, 3.63) is 68.7 Å². The predicted molar refractivity (Wildman–Crippen MR) is 124 cm³/mol. The van der Waals surface area contributed by atoms with Crippen LogP contribution < -0.4 is 5.32 Å². The number of hydrogen-bond acceptors (Lipinski definition) is 2. The van der Waals surface area contributed by atoms with Crippen LogP contribution >= 0.6 is 23.2 Å². The van der Waals surface area contributed by atoms with Crippen molar-refractivity contribution in [2.45, 2.75) is 59.5 Å². The van der Waals surface area contributed by atoms with Gasteiger partial charge in [-0.25, -0.2) is 0 Å². The molecule has 0 aliphatic heterocycles. The fourth-order valence-electron chi connectivity index (χ4n) is 3.37. The largest absolute Gasteiger partial charge is 0.354 e. The minimum absolute atomic E-state index is 0.104. The van der Waals surface area contributed by atoms with Crippen molar-refractivity contribution in [1.82, 2.24) is 10.2 Å². The molecule has 1 atom stereocenters. The van der Waals surface area contributed by atoms with E-state index in [1.807, 2.05) is 45.9 Å². The lowest BCUT2D eigenvalue weighted by atomic mass is 10.0. The summed E-state index contributed by atoms with van der Waals surface area (Å²) in [5.41, 5.74) is 3.89. The lowest BCUT2D eigenvalue weighted by molar-refractivity contribution is -0.140. The lowest BCUT2D eigenvalue weighted by Crippen LogP contribution is -2.49. The van der Waals surface area contributed by atoms with Crippen molar-refractivity contribution in [3.63, 3.8) is 0 Å². The van der Waals surface area contributed by atoms with Gasteiger partial charge in [-0.15, -0.1) is 0 Å². The topological polar surface area (TPSA) is 49.4 Å². The molecule has 0 aliphatic rings. The summed E-state index contributed by atoms with van der Waals surface area (Å²) in [4.78, 5) is 27.9. The van der Waals surface area contributed by atoms with Crippen LogP contribution in [-0.2, 0) is 22.6 Å². The van der Waals surface area contributed by atoms with Crippen LogP contribution in [0.1, 0.15) is 48.9 Å². The second kappa shape index (κ2) is 11.4. The molecule has 0 saturated heterocycles. The van der Waals surface area contributed by atoms with Gasteiger partial charge in [-0.05, 0) is 55.5 Å². The Kier molecular flexibility index (Phi) is 9.19. The highest BCUT2D eigenvalue weighted by molar-refractivity contribution is 6.35. The number of nitrogens with one attached hydrogen (secondary N) is 1. The number of carbonyl (C=O) groups excluding carboxylic acids is 2. The molecule has 0 bridgehead atoms. The first-order valence-electron chi connectivity index (χ1n) is 10.3. The van der Waals surface area contributed by atoms with Crippen molar-refractivity contribution >= 4 is 35.0 Å². The summed E-state index contributed by atoms with van der Waals surface area (Å²) in [6.07, 6.45) is 1.58. The number of rotatable bonds is 9. The van der Waals surface area contributed by atoms with Crippen LogP contribution in [0.3, 0.4) is 0 Å². The minimum atomic E-state index is -0.569. The van der Waals surface area contributed by atoms with Crippen LogP contribution in [-0.4, -0.2) is 29.3 Å². The van der Waals surface area contributed by atoms with Gasteiger partial charge in [0, 0.05) is 23.1 Å². The average Bonchev–Trinajstić information content (AvgIpc) is 2.70. The molecule has 1 unspecified atom stereocenters. The van der Waals surface area contributed by atoms with Crippen molar-refractivity contribution in [2.75, 3.05) is 6.54 Å². The Bertz CT molecular complexity index is 899. The number of halogens is 2. The molecule has 0 aromatic heterocycles. The molecule has 0 saturated carbocycles. The van der Waals surface area contributed by atoms with Crippen molar-refractivity contribution in [2.24, 2.45) is 0 Å². The Hall–Kier alpha value is -2.04. The fraction of sp³-hybridized carbons (Fsp3) is 0.417. The van der Waals surface area contributed by atoms with E-state index >= 15 is 0 Å².